The van der Waals surface area contributed by atoms with Crippen molar-refractivity contribution in [2.24, 2.45) is 0 Å². The first-order chi connectivity index (χ1) is 18.4. The lowest BCUT2D eigenvalue weighted by Gasteiger charge is -2.32. The van der Waals surface area contributed by atoms with Gasteiger partial charge in [0, 0.05) is 49.4 Å². The van der Waals surface area contributed by atoms with Gasteiger partial charge in [0.05, 0.1) is 12.6 Å². The van der Waals surface area contributed by atoms with E-state index in [2.05, 4.69) is 20.4 Å². The molecule has 0 fully saturated rings. The first-order valence-corrected chi connectivity index (χ1v) is 11.7. The van der Waals surface area contributed by atoms with Gasteiger partial charge in [0.15, 0.2) is 17.5 Å². The molecule has 0 unspecified atom stereocenters. The molecule has 2 heterocycles. The zero-order valence-corrected chi connectivity index (χ0v) is 20.4. The zero-order chi connectivity index (χ0) is 27.1. The quantitative estimate of drug-likeness (QED) is 0.215. The summed E-state index contributed by atoms with van der Waals surface area (Å²) in [5.41, 5.74) is 2.88. The number of imidazole rings is 1. The highest BCUT2D eigenvalue weighted by Crippen LogP contribution is 2.21. The maximum absolute atomic E-state index is 14.2. The van der Waals surface area contributed by atoms with E-state index in [0.29, 0.717) is 35.8 Å². The second kappa shape index (κ2) is 12.3. The number of H-pyrrole nitrogens is 1. The molecule has 0 radical (unpaired) electrons. The Balaban J connectivity index is 1.52. The van der Waals surface area contributed by atoms with E-state index in [1.807, 2.05) is 0 Å². The molecule has 0 aliphatic rings. The van der Waals surface area contributed by atoms with E-state index in [4.69, 9.17) is 4.84 Å². The summed E-state index contributed by atoms with van der Waals surface area (Å²) in [6.07, 6.45) is 5.91. The SMILES string of the molecule is CC(=O)N(NCc1cccc(F)c1F)[C@@H](CCc1ncc[nH]1)CON(C=O)c1cc2cc(F)ccc2cn1. The fourth-order valence-corrected chi connectivity index (χ4v) is 3.92. The zero-order valence-electron chi connectivity index (χ0n) is 20.4. The van der Waals surface area contributed by atoms with Crippen molar-refractivity contribution >= 4 is 28.9 Å². The van der Waals surface area contributed by atoms with E-state index >= 15 is 0 Å². The van der Waals surface area contributed by atoms with Crippen molar-refractivity contribution in [3.8, 4) is 0 Å². The van der Waals surface area contributed by atoms with Crippen molar-refractivity contribution in [1.29, 1.82) is 0 Å². The second-order valence-electron chi connectivity index (χ2n) is 8.43. The Bertz CT molecular complexity index is 1400. The summed E-state index contributed by atoms with van der Waals surface area (Å²) in [5, 5.41) is 3.33. The van der Waals surface area contributed by atoms with Crippen LogP contribution in [-0.2, 0) is 27.4 Å². The molecule has 198 valence electrons. The molecule has 2 N–H and O–H groups in total. The molecule has 0 saturated carbocycles. The molecule has 2 aromatic carbocycles. The molecule has 4 aromatic rings. The van der Waals surface area contributed by atoms with Crippen molar-refractivity contribution in [3.63, 3.8) is 0 Å². The number of aromatic amines is 1. The fourth-order valence-electron chi connectivity index (χ4n) is 3.92. The Morgan fingerprint density at radius 1 is 1.16 bits per heavy atom. The van der Waals surface area contributed by atoms with Gasteiger partial charge in [-0.15, -0.1) is 0 Å². The summed E-state index contributed by atoms with van der Waals surface area (Å²) in [7, 11) is 0. The molecule has 2 aromatic heterocycles. The Kier molecular flexibility index (Phi) is 8.66. The van der Waals surface area contributed by atoms with E-state index in [1.54, 1.807) is 18.5 Å². The minimum absolute atomic E-state index is 0.0315. The smallest absolute Gasteiger partial charge is 0.239 e. The number of rotatable bonds is 12. The van der Waals surface area contributed by atoms with E-state index < -0.39 is 29.4 Å². The summed E-state index contributed by atoms with van der Waals surface area (Å²) >= 11 is 0. The van der Waals surface area contributed by atoms with Crippen LogP contribution in [0.15, 0.2) is 61.1 Å². The van der Waals surface area contributed by atoms with Gasteiger partial charge in [0.2, 0.25) is 12.3 Å². The molecule has 12 heteroatoms. The number of carbonyl (C=O) groups is 2. The van der Waals surface area contributed by atoms with Crippen molar-refractivity contribution in [3.05, 3.63) is 89.9 Å². The minimum Gasteiger partial charge on any atom is -0.349 e. The minimum atomic E-state index is -1.02. The molecular formula is C26H25F3N6O3. The maximum Gasteiger partial charge on any atom is 0.239 e. The molecule has 0 aliphatic carbocycles. The number of benzene rings is 2. The Labute approximate surface area is 216 Å². The molecule has 1 atom stereocenters. The van der Waals surface area contributed by atoms with E-state index in [1.165, 1.54) is 48.5 Å². The molecule has 9 nitrogen and oxygen atoms in total. The van der Waals surface area contributed by atoms with Gasteiger partial charge in [-0.2, -0.15) is 5.06 Å². The number of anilines is 1. The number of hydrazine groups is 1. The highest BCUT2D eigenvalue weighted by Gasteiger charge is 2.24. The number of aryl methyl sites for hydroxylation is 1. The lowest BCUT2D eigenvalue weighted by Crippen LogP contribution is -2.51. The van der Waals surface area contributed by atoms with Crippen molar-refractivity contribution in [1.82, 2.24) is 25.4 Å². The van der Waals surface area contributed by atoms with Gasteiger partial charge in [0.1, 0.15) is 11.6 Å². The second-order valence-corrected chi connectivity index (χ2v) is 8.43. The largest absolute Gasteiger partial charge is 0.349 e. The topological polar surface area (TPSA) is 103 Å². The average molecular weight is 527 g/mol. The predicted molar refractivity (Wildman–Crippen MR) is 133 cm³/mol. The van der Waals surface area contributed by atoms with Crippen LogP contribution >= 0.6 is 0 Å². The molecule has 0 bridgehead atoms. The summed E-state index contributed by atoms with van der Waals surface area (Å²) in [5.74, 6) is -2.08. The predicted octanol–water partition coefficient (Wildman–Crippen LogP) is 3.82. The number of amides is 2. The summed E-state index contributed by atoms with van der Waals surface area (Å²) in [4.78, 5) is 41.5. The number of carbonyl (C=O) groups excluding carboxylic acids is 2. The van der Waals surface area contributed by atoms with Crippen molar-refractivity contribution in [2.75, 3.05) is 11.7 Å². The van der Waals surface area contributed by atoms with Crippen LogP contribution in [0, 0.1) is 17.5 Å². The number of hydroxylamine groups is 1. The molecule has 0 saturated heterocycles. The van der Waals surface area contributed by atoms with Gasteiger partial charge in [-0.05, 0) is 42.1 Å². The molecule has 4 rings (SSSR count). The van der Waals surface area contributed by atoms with Crippen LogP contribution in [0.25, 0.3) is 10.8 Å². The number of aromatic nitrogens is 3. The number of halogens is 3. The van der Waals surface area contributed by atoms with E-state index in [0.717, 1.165) is 11.1 Å². The standard InChI is InChI=1S/C26H25F3N6O3/c1-17(37)35(33-14-19-3-2-4-23(28)26(19)29)22(7-8-24-30-9-10-31-24)15-38-34(16-36)25-12-20-11-21(27)6-5-18(20)13-32-25/h2-6,9-13,16,22,33H,7-8,14-15H2,1H3,(H,30,31)/t22-/m0/s1. The van der Waals surface area contributed by atoms with Gasteiger partial charge in [-0.25, -0.2) is 28.6 Å². The van der Waals surface area contributed by atoms with E-state index in [-0.39, 0.29) is 24.5 Å². The maximum atomic E-state index is 14.2. The highest BCUT2D eigenvalue weighted by molar-refractivity contribution is 5.85. The first kappa shape index (κ1) is 26.8. The van der Waals surface area contributed by atoms with Gasteiger partial charge in [-0.1, -0.05) is 12.1 Å². The fraction of sp³-hybridized carbons (Fsp3) is 0.231. The number of fused-ring (bicyclic) bond motifs is 1. The molecule has 2 amide bonds. The summed E-state index contributed by atoms with van der Waals surface area (Å²) in [6.45, 7) is 0.974. The van der Waals surface area contributed by atoms with Gasteiger partial charge in [-0.3, -0.25) is 19.4 Å². The number of hydrogen-bond acceptors (Lipinski definition) is 6. The van der Waals surface area contributed by atoms with Gasteiger partial charge in [0.25, 0.3) is 0 Å². The van der Waals surface area contributed by atoms with Crippen molar-refractivity contribution < 1.29 is 27.6 Å². The number of hydrogen-bond donors (Lipinski definition) is 2. The van der Waals surface area contributed by atoms with Crippen LogP contribution in [0.3, 0.4) is 0 Å². The number of nitrogens with zero attached hydrogens (tertiary/aromatic N) is 4. The Hall–Kier alpha value is -4.29. The third kappa shape index (κ3) is 6.52. The lowest BCUT2D eigenvalue weighted by atomic mass is 10.1. The van der Waals surface area contributed by atoms with Crippen LogP contribution < -0.4 is 10.5 Å². The summed E-state index contributed by atoms with van der Waals surface area (Å²) < 4.78 is 41.5. The molecule has 0 spiro atoms. The third-order valence-electron chi connectivity index (χ3n) is 5.84. The van der Waals surface area contributed by atoms with Crippen LogP contribution in [0.4, 0.5) is 19.0 Å². The van der Waals surface area contributed by atoms with Crippen LogP contribution in [0.5, 0.6) is 0 Å². The van der Waals surface area contributed by atoms with Gasteiger partial charge < -0.3 is 4.98 Å². The van der Waals surface area contributed by atoms with Gasteiger partial charge >= 0.3 is 0 Å². The van der Waals surface area contributed by atoms with Crippen LogP contribution in [0.2, 0.25) is 0 Å². The first-order valence-electron chi connectivity index (χ1n) is 11.7. The summed E-state index contributed by atoms with van der Waals surface area (Å²) in [6, 6.07) is 8.80. The average Bonchev–Trinajstić information content (AvgIpc) is 3.42. The van der Waals surface area contributed by atoms with Crippen molar-refractivity contribution in [2.45, 2.75) is 32.4 Å². The monoisotopic (exact) mass is 526 g/mol. The molecule has 38 heavy (non-hydrogen) atoms. The van der Waals surface area contributed by atoms with Crippen LogP contribution in [0.1, 0.15) is 24.7 Å². The normalized spacial score (nSPS) is 11.9. The Morgan fingerprint density at radius 2 is 2.00 bits per heavy atom. The number of pyridine rings is 1. The van der Waals surface area contributed by atoms with Crippen LogP contribution in [-0.4, -0.2) is 44.9 Å². The molecule has 0 aliphatic heterocycles. The number of nitrogens with one attached hydrogen (secondary N) is 2. The lowest BCUT2D eigenvalue weighted by molar-refractivity contribution is -0.137. The third-order valence-corrected chi connectivity index (χ3v) is 5.84. The molecular weight excluding hydrogens is 501 g/mol. The highest BCUT2D eigenvalue weighted by atomic mass is 19.2. The van der Waals surface area contributed by atoms with E-state index in [9.17, 15) is 22.8 Å². The Morgan fingerprint density at radius 3 is 2.74 bits per heavy atom.